The quantitative estimate of drug-likeness (QED) is 0.414. The van der Waals surface area contributed by atoms with Gasteiger partial charge in [-0.3, -0.25) is 9.59 Å². The lowest BCUT2D eigenvalue weighted by atomic mass is 10.1. The van der Waals surface area contributed by atoms with Crippen LogP contribution in [0.4, 0.5) is 11.4 Å². The summed E-state index contributed by atoms with van der Waals surface area (Å²) in [7, 11) is 0. The highest BCUT2D eigenvalue weighted by Gasteiger charge is 2.13. The van der Waals surface area contributed by atoms with E-state index in [-0.39, 0.29) is 11.8 Å². The van der Waals surface area contributed by atoms with Gasteiger partial charge in [-0.05, 0) is 48.0 Å². The van der Waals surface area contributed by atoms with E-state index in [0.29, 0.717) is 27.9 Å². The molecule has 30 heavy (non-hydrogen) atoms. The summed E-state index contributed by atoms with van der Waals surface area (Å²) >= 11 is 1.45. The molecule has 0 unspecified atom stereocenters. The molecule has 2 amide bonds. The van der Waals surface area contributed by atoms with Crippen LogP contribution in [-0.4, -0.2) is 16.8 Å². The Morgan fingerprint density at radius 1 is 0.900 bits per heavy atom. The largest absolute Gasteiger partial charge is 0.431 e. The van der Waals surface area contributed by atoms with Crippen LogP contribution in [0.2, 0.25) is 0 Å². The zero-order valence-corrected chi connectivity index (χ0v) is 17.0. The second kappa shape index (κ2) is 8.84. The zero-order valence-electron chi connectivity index (χ0n) is 16.2. The van der Waals surface area contributed by atoms with Crippen molar-refractivity contribution >= 4 is 46.1 Å². The predicted molar refractivity (Wildman–Crippen MR) is 119 cm³/mol. The Morgan fingerprint density at radius 3 is 2.30 bits per heavy atom. The second-order valence-electron chi connectivity index (χ2n) is 6.61. The number of carbonyl (C=O) groups is 2. The summed E-state index contributed by atoms with van der Waals surface area (Å²) in [5.41, 5.74) is 4.36. The minimum absolute atomic E-state index is 0.142. The van der Waals surface area contributed by atoms with Crippen LogP contribution in [0.25, 0.3) is 11.1 Å². The molecular formula is C23H19N3O3S. The fourth-order valence-electron chi connectivity index (χ4n) is 2.96. The molecule has 0 aliphatic heterocycles. The van der Waals surface area contributed by atoms with Gasteiger partial charge in [-0.15, -0.1) is 0 Å². The van der Waals surface area contributed by atoms with Crippen molar-refractivity contribution in [3.8, 4) is 0 Å². The molecular weight excluding hydrogens is 398 g/mol. The first-order chi connectivity index (χ1) is 14.6. The Morgan fingerprint density at radius 2 is 1.57 bits per heavy atom. The number of para-hydroxylation sites is 2. The predicted octanol–water partition coefficient (Wildman–Crippen LogP) is 5.33. The molecule has 4 aromatic rings. The Hall–Kier alpha value is -3.58. The van der Waals surface area contributed by atoms with Gasteiger partial charge < -0.3 is 15.1 Å². The van der Waals surface area contributed by atoms with Crippen LogP contribution in [0.15, 0.2) is 82.4 Å². The van der Waals surface area contributed by atoms with Gasteiger partial charge in [-0.25, -0.2) is 4.98 Å². The lowest BCUT2D eigenvalue weighted by Crippen LogP contribution is -2.14. The molecule has 6 nitrogen and oxygen atoms in total. The molecule has 3 aromatic carbocycles. The molecule has 0 aliphatic carbocycles. The Bertz CT molecular complexity index is 1170. The first-order valence-electron chi connectivity index (χ1n) is 9.34. The van der Waals surface area contributed by atoms with Crippen molar-refractivity contribution in [2.75, 3.05) is 10.6 Å². The maximum absolute atomic E-state index is 12.8. The van der Waals surface area contributed by atoms with Gasteiger partial charge in [0.1, 0.15) is 5.52 Å². The molecule has 0 fully saturated rings. The lowest BCUT2D eigenvalue weighted by molar-refractivity contribution is -0.114. The van der Waals surface area contributed by atoms with Crippen molar-refractivity contribution in [2.45, 2.75) is 17.9 Å². The van der Waals surface area contributed by atoms with E-state index >= 15 is 0 Å². The number of rotatable bonds is 6. The Kier molecular flexibility index (Phi) is 5.81. The van der Waals surface area contributed by atoms with Crippen molar-refractivity contribution in [2.24, 2.45) is 0 Å². The van der Waals surface area contributed by atoms with Crippen LogP contribution in [-0.2, 0) is 10.5 Å². The van der Waals surface area contributed by atoms with E-state index in [1.807, 2.05) is 42.5 Å². The third-order valence-corrected chi connectivity index (χ3v) is 5.23. The van der Waals surface area contributed by atoms with Crippen LogP contribution < -0.4 is 10.6 Å². The first-order valence-corrected chi connectivity index (χ1v) is 10.3. The monoisotopic (exact) mass is 417 g/mol. The molecule has 4 rings (SSSR count). The molecule has 0 atom stereocenters. The maximum atomic E-state index is 12.8. The van der Waals surface area contributed by atoms with E-state index in [2.05, 4.69) is 15.6 Å². The molecule has 7 heteroatoms. The summed E-state index contributed by atoms with van der Waals surface area (Å²) in [6.45, 7) is 1.45. The highest BCUT2D eigenvalue weighted by Crippen LogP contribution is 2.27. The SMILES string of the molecule is CC(=O)Nc1ccc(NC(=O)c2ccccc2CSc2nc3ccccc3o2)cc1. The van der Waals surface area contributed by atoms with Crippen LogP contribution in [0, 0.1) is 0 Å². The summed E-state index contributed by atoms with van der Waals surface area (Å²) in [5, 5.41) is 6.17. The van der Waals surface area contributed by atoms with Gasteiger partial charge in [0, 0.05) is 29.6 Å². The molecule has 1 aromatic heterocycles. The number of fused-ring (bicyclic) bond motifs is 1. The fourth-order valence-corrected chi connectivity index (χ4v) is 3.80. The molecule has 1 heterocycles. The minimum Gasteiger partial charge on any atom is -0.431 e. The Balaban J connectivity index is 1.45. The molecule has 0 aliphatic rings. The highest BCUT2D eigenvalue weighted by atomic mass is 32.2. The normalized spacial score (nSPS) is 10.7. The average Bonchev–Trinajstić information content (AvgIpc) is 3.16. The van der Waals surface area contributed by atoms with Crippen molar-refractivity contribution < 1.29 is 14.0 Å². The number of carbonyl (C=O) groups excluding carboxylic acids is 2. The number of benzene rings is 3. The van der Waals surface area contributed by atoms with Crippen molar-refractivity contribution in [1.82, 2.24) is 4.98 Å². The van der Waals surface area contributed by atoms with E-state index in [1.165, 1.54) is 18.7 Å². The molecule has 0 bridgehead atoms. The Labute approximate surface area is 177 Å². The minimum atomic E-state index is -0.198. The van der Waals surface area contributed by atoms with Crippen LogP contribution >= 0.6 is 11.8 Å². The summed E-state index contributed by atoms with van der Waals surface area (Å²) in [4.78, 5) is 28.4. The van der Waals surface area contributed by atoms with E-state index in [0.717, 1.165) is 16.7 Å². The third kappa shape index (κ3) is 4.69. The van der Waals surface area contributed by atoms with Gasteiger partial charge in [0.25, 0.3) is 11.1 Å². The topological polar surface area (TPSA) is 84.2 Å². The van der Waals surface area contributed by atoms with Gasteiger partial charge in [0.2, 0.25) is 5.91 Å². The molecule has 0 radical (unpaired) electrons. The van der Waals surface area contributed by atoms with E-state index in [4.69, 9.17) is 4.42 Å². The van der Waals surface area contributed by atoms with Gasteiger partial charge in [0.15, 0.2) is 5.58 Å². The number of nitrogens with zero attached hydrogens (tertiary/aromatic N) is 1. The number of hydrogen-bond acceptors (Lipinski definition) is 5. The summed E-state index contributed by atoms with van der Waals surface area (Å²) < 4.78 is 5.75. The van der Waals surface area contributed by atoms with Gasteiger partial charge >= 0.3 is 0 Å². The molecule has 0 saturated heterocycles. The number of anilines is 2. The molecule has 150 valence electrons. The van der Waals surface area contributed by atoms with Crippen LogP contribution in [0.1, 0.15) is 22.8 Å². The van der Waals surface area contributed by atoms with Crippen LogP contribution in [0.5, 0.6) is 0 Å². The number of oxazole rings is 1. The lowest BCUT2D eigenvalue weighted by Gasteiger charge is -2.10. The van der Waals surface area contributed by atoms with Gasteiger partial charge in [-0.2, -0.15) is 0 Å². The number of amides is 2. The molecule has 0 spiro atoms. The molecule has 0 saturated carbocycles. The second-order valence-corrected chi connectivity index (χ2v) is 7.53. The highest BCUT2D eigenvalue weighted by molar-refractivity contribution is 7.98. The average molecular weight is 417 g/mol. The summed E-state index contributed by atoms with van der Waals surface area (Å²) in [6, 6.07) is 22.0. The maximum Gasteiger partial charge on any atom is 0.257 e. The number of thioether (sulfide) groups is 1. The van der Waals surface area contributed by atoms with Crippen LogP contribution in [0.3, 0.4) is 0 Å². The summed E-state index contributed by atoms with van der Waals surface area (Å²) in [6.07, 6.45) is 0. The van der Waals surface area contributed by atoms with Gasteiger partial charge in [0.05, 0.1) is 0 Å². The molecule has 2 N–H and O–H groups in total. The number of nitrogens with one attached hydrogen (secondary N) is 2. The van der Waals surface area contributed by atoms with Crippen molar-refractivity contribution in [1.29, 1.82) is 0 Å². The third-order valence-electron chi connectivity index (χ3n) is 4.35. The van der Waals surface area contributed by atoms with Crippen molar-refractivity contribution in [3.63, 3.8) is 0 Å². The van der Waals surface area contributed by atoms with Crippen molar-refractivity contribution in [3.05, 3.63) is 83.9 Å². The van der Waals surface area contributed by atoms with E-state index in [9.17, 15) is 9.59 Å². The van der Waals surface area contributed by atoms with E-state index in [1.54, 1.807) is 30.3 Å². The smallest absolute Gasteiger partial charge is 0.257 e. The zero-order chi connectivity index (χ0) is 20.9. The van der Waals surface area contributed by atoms with E-state index < -0.39 is 0 Å². The summed E-state index contributed by atoms with van der Waals surface area (Å²) in [5.74, 6) is 0.214. The fraction of sp³-hybridized carbons (Fsp3) is 0.0870. The number of aromatic nitrogens is 1. The van der Waals surface area contributed by atoms with Gasteiger partial charge in [-0.1, -0.05) is 42.1 Å². The first kappa shape index (κ1) is 19.7. The number of hydrogen-bond donors (Lipinski definition) is 2. The standard InChI is InChI=1S/C23H19N3O3S/c1-15(27)24-17-10-12-18(13-11-17)25-22(28)19-7-3-2-6-16(19)14-30-23-26-20-8-4-5-9-21(20)29-23/h2-13H,14H2,1H3,(H,24,27)(H,25,28).